The molecule has 0 radical (unpaired) electrons. The molecule has 152 valence electrons. The van der Waals surface area contributed by atoms with Gasteiger partial charge >= 0.3 is 12.1 Å². The number of ether oxygens (including phenoxy) is 1. The first-order valence-corrected chi connectivity index (χ1v) is 8.43. The Morgan fingerprint density at radius 3 is 2.76 bits per heavy atom. The first-order chi connectivity index (χ1) is 13.7. The molecule has 3 heterocycles. The fourth-order valence-electron chi connectivity index (χ4n) is 2.93. The van der Waals surface area contributed by atoms with Crippen molar-refractivity contribution >= 4 is 5.91 Å². The third-order valence-electron chi connectivity index (χ3n) is 4.45. The van der Waals surface area contributed by atoms with E-state index in [2.05, 4.69) is 14.7 Å². The summed E-state index contributed by atoms with van der Waals surface area (Å²) in [4.78, 5) is 17.4. The maximum absolute atomic E-state index is 14.8. The molecule has 1 aliphatic rings. The van der Waals surface area contributed by atoms with Crippen LogP contribution in [0.5, 0.6) is 5.75 Å². The number of carbonyl (C=O) groups excluding carboxylic acids is 1. The van der Waals surface area contributed by atoms with E-state index in [0.29, 0.717) is 5.56 Å². The van der Waals surface area contributed by atoms with Gasteiger partial charge in [-0.05, 0) is 25.1 Å². The molecule has 0 bridgehead atoms. The molecule has 3 aromatic rings. The number of fused-ring (bicyclic) bond motifs is 1. The van der Waals surface area contributed by atoms with E-state index in [1.807, 2.05) is 0 Å². The Hall–Kier alpha value is -3.37. The third-order valence-corrected chi connectivity index (χ3v) is 4.45. The second kappa shape index (κ2) is 6.90. The summed E-state index contributed by atoms with van der Waals surface area (Å²) in [7, 11) is 0. The van der Waals surface area contributed by atoms with Gasteiger partial charge in [0, 0.05) is 11.1 Å². The number of carbonyl (C=O) groups is 1. The third kappa shape index (κ3) is 3.55. The highest BCUT2D eigenvalue weighted by molar-refractivity contribution is 5.94. The summed E-state index contributed by atoms with van der Waals surface area (Å²) >= 11 is 0. The number of aromatic nitrogens is 2. The largest absolute Gasteiger partial charge is 0.491 e. The lowest BCUT2D eigenvalue weighted by molar-refractivity contribution is -0.159. The van der Waals surface area contributed by atoms with Crippen molar-refractivity contribution in [3.8, 4) is 17.1 Å². The Morgan fingerprint density at radius 1 is 1.31 bits per heavy atom. The van der Waals surface area contributed by atoms with Gasteiger partial charge in [-0.15, -0.1) is 0 Å². The Labute approximate surface area is 160 Å². The van der Waals surface area contributed by atoms with Crippen molar-refractivity contribution in [3.63, 3.8) is 0 Å². The van der Waals surface area contributed by atoms with Crippen LogP contribution in [0, 0.1) is 5.82 Å². The monoisotopic (exact) mass is 411 g/mol. The number of nitrogens with zero attached hydrogens (tertiary/aromatic N) is 3. The van der Waals surface area contributed by atoms with E-state index in [0.717, 1.165) is 6.07 Å². The first-order valence-electron chi connectivity index (χ1n) is 8.43. The number of alkyl halides is 3. The van der Waals surface area contributed by atoms with Crippen LogP contribution >= 0.6 is 0 Å². The molecule has 0 saturated carbocycles. The quantitative estimate of drug-likeness (QED) is 0.595. The van der Waals surface area contributed by atoms with Crippen LogP contribution in [0.3, 0.4) is 0 Å². The molecule has 11 heteroatoms. The second-order valence-electron chi connectivity index (χ2n) is 6.46. The summed E-state index contributed by atoms with van der Waals surface area (Å²) < 4.78 is 67.5. The van der Waals surface area contributed by atoms with Crippen LogP contribution in [0.1, 0.15) is 28.7 Å². The van der Waals surface area contributed by atoms with Crippen molar-refractivity contribution in [1.82, 2.24) is 15.0 Å². The van der Waals surface area contributed by atoms with E-state index >= 15 is 0 Å². The minimum absolute atomic E-state index is 0.0391. The summed E-state index contributed by atoms with van der Waals surface area (Å²) in [6.45, 7) is 1.70. The van der Waals surface area contributed by atoms with Gasteiger partial charge in [0.2, 0.25) is 5.82 Å². The number of amides is 1. The smallest absolute Gasteiger partial charge is 0.471 e. The molecule has 4 rings (SSSR count). The van der Waals surface area contributed by atoms with Gasteiger partial charge < -0.3 is 18.6 Å². The van der Waals surface area contributed by atoms with Gasteiger partial charge in [0.1, 0.15) is 24.4 Å². The van der Waals surface area contributed by atoms with Crippen molar-refractivity contribution < 1.29 is 36.0 Å². The maximum Gasteiger partial charge on any atom is 0.471 e. The molecule has 7 nitrogen and oxygen atoms in total. The molecule has 29 heavy (non-hydrogen) atoms. The standard InChI is InChI=1S/C18H13F4N3O4/c1-9-7-28-14-5-11(15-23-17(29-24-15)18(20,21)22)4-13(19)12(14)6-25(9)16(26)10-2-3-27-8-10/h2-5,8-9H,6-7H2,1H3/t9-/m0/s1. The van der Waals surface area contributed by atoms with Crippen molar-refractivity contribution in [2.24, 2.45) is 0 Å². The summed E-state index contributed by atoms with van der Waals surface area (Å²) in [6.07, 6.45) is -2.17. The van der Waals surface area contributed by atoms with Gasteiger partial charge in [-0.25, -0.2) is 4.39 Å². The number of rotatable bonds is 2. The fourth-order valence-corrected chi connectivity index (χ4v) is 2.93. The van der Waals surface area contributed by atoms with Crippen LogP contribution in [0.4, 0.5) is 17.6 Å². The van der Waals surface area contributed by atoms with Crippen LogP contribution in [0.15, 0.2) is 39.7 Å². The maximum atomic E-state index is 14.8. The van der Waals surface area contributed by atoms with Crippen LogP contribution in [0.2, 0.25) is 0 Å². The lowest BCUT2D eigenvalue weighted by atomic mass is 10.1. The molecular formula is C18H13F4N3O4. The predicted molar refractivity (Wildman–Crippen MR) is 88.2 cm³/mol. The zero-order valence-corrected chi connectivity index (χ0v) is 14.9. The highest BCUT2D eigenvalue weighted by Gasteiger charge is 2.39. The zero-order chi connectivity index (χ0) is 20.8. The van der Waals surface area contributed by atoms with Crippen molar-refractivity contribution in [2.45, 2.75) is 25.7 Å². The van der Waals surface area contributed by atoms with Gasteiger partial charge in [-0.2, -0.15) is 18.2 Å². The van der Waals surface area contributed by atoms with Crippen LogP contribution < -0.4 is 4.74 Å². The Kier molecular flexibility index (Phi) is 4.52. The zero-order valence-electron chi connectivity index (χ0n) is 14.9. The molecule has 0 unspecified atom stereocenters. The van der Waals surface area contributed by atoms with Crippen molar-refractivity contribution in [3.05, 3.63) is 53.6 Å². The van der Waals surface area contributed by atoms with Gasteiger partial charge in [-0.3, -0.25) is 4.79 Å². The van der Waals surface area contributed by atoms with Crippen molar-refractivity contribution in [1.29, 1.82) is 0 Å². The van der Waals surface area contributed by atoms with Gasteiger partial charge in [0.25, 0.3) is 5.91 Å². The fraction of sp³-hybridized carbons (Fsp3) is 0.278. The van der Waals surface area contributed by atoms with Crippen LogP contribution in [0.25, 0.3) is 11.4 Å². The van der Waals surface area contributed by atoms with Gasteiger partial charge in [0.05, 0.1) is 24.4 Å². The van der Waals surface area contributed by atoms with Crippen molar-refractivity contribution in [2.75, 3.05) is 6.61 Å². The Balaban J connectivity index is 1.68. The predicted octanol–water partition coefficient (Wildman–Crippen LogP) is 3.91. The molecule has 0 fully saturated rings. The Bertz CT molecular complexity index is 1050. The summed E-state index contributed by atoms with van der Waals surface area (Å²) in [5, 5.41) is 3.25. The second-order valence-corrected chi connectivity index (χ2v) is 6.46. The molecule has 1 aromatic carbocycles. The van der Waals surface area contributed by atoms with E-state index in [9.17, 15) is 22.4 Å². The molecule has 0 spiro atoms. The lowest BCUT2D eigenvalue weighted by Crippen LogP contribution is -2.39. The highest BCUT2D eigenvalue weighted by atomic mass is 19.4. The average Bonchev–Trinajstić information content (AvgIpc) is 3.33. The number of hydrogen-bond donors (Lipinski definition) is 0. The number of halogens is 4. The van der Waals surface area contributed by atoms with E-state index < -0.39 is 29.8 Å². The first kappa shape index (κ1) is 19.0. The Morgan fingerprint density at radius 2 is 2.10 bits per heavy atom. The number of furan rings is 1. The van der Waals surface area contributed by atoms with Crippen LogP contribution in [-0.2, 0) is 12.7 Å². The number of hydrogen-bond acceptors (Lipinski definition) is 6. The summed E-state index contributed by atoms with van der Waals surface area (Å²) in [5.41, 5.74) is 0.362. The minimum Gasteiger partial charge on any atom is -0.491 e. The van der Waals surface area contributed by atoms with E-state index in [1.165, 1.54) is 29.6 Å². The minimum atomic E-state index is -4.81. The normalized spacial score (nSPS) is 16.9. The SMILES string of the molecule is C[C@H]1COc2cc(-c3noc(C(F)(F)F)n3)cc(F)c2CN1C(=O)c1ccoc1. The molecule has 0 saturated heterocycles. The molecular weight excluding hydrogens is 398 g/mol. The van der Waals surface area contributed by atoms with Gasteiger partial charge in [0.15, 0.2) is 0 Å². The van der Waals surface area contributed by atoms with Crippen LogP contribution in [-0.4, -0.2) is 33.6 Å². The average molecular weight is 411 g/mol. The molecule has 0 N–H and O–H groups in total. The molecule has 1 atom stereocenters. The summed E-state index contributed by atoms with van der Waals surface area (Å²) in [6, 6.07) is 3.40. The molecule has 1 amide bonds. The molecule has 2 aromatic heterocycles. The molecule has 0 aliphatic carbocycles. The van der Waals surface area contributed by atoms with Gasteiger partial charge in [-0.1, -0.05) is 5.16 Å². The molecule has 1 aliphatic heterocycles. The summed E-state index contributed by atoms with van der Waals surface area (Å²) in [5.74, 6) is -3.00. The van der Waals surface area contributed by atoms with E-state index in [4.69, 9.17) is 9.15 Å². The highest BCUT2D eigenvalue weighted by Crippen LogP contribution is 2.34. The lowest BCUT2D eigenvalue weighted by Gasteiger charge is -2.25. The topological polar surface area (TPSA) is 81.6 Å². The van der Waals surface area contributed by atoms with E-state index in [1.54, 1.807) is 6.92 Å². The number of benzene rings is 1. The van der Waals surface area contributed by atoms with E-state index in [-0.39, 0.29) is 35.9 Å².